The van der Waals surface area contributed by atoms with E-state index in [1.54, 1.807) is 24.3 Å². The maximum absolute atomic E-state index is 12.2. The number of hydrogen-bond donors (Lipinski definition) is 2. The highest BCUT2D eigenvalue weighted by molar-refractivity contribution is 6.02. The van der Waals surface area contributed by atoms with Crippen molar-refractivity contribution in [2.45, 2.75) is 6.92 Å². The summed E-state index contributed by atoms with van der Waals surface area (Å²) < 4.78 is 5.40. The molecule has 0 fully saturated rings. The molecule has 0 bridgehead atoms. The maximum atomic E-state index is 12.2. The fraction of sp³-hybridized carbons (Fsp3) is 0.100. The molecule has 0 aliphatic rings. The molecule has 0 aliphatic heterocycles. The van der Waals surface area contributed by atoms with E-state index in [4.69, 9.17) is 10.00 Å². The van der Waals surface area contributed by atoms with Gasteiger partial charge in [0.1, 0.15) is 17.3 Å². The van der Waals surface area contributed by atoms with E-state index in [1.807, 2.05) is 37.3 Å². The normalized spacial score (nSPS) is 9.93. The first-order valence-electron chi connectivity index (χ1n) is 8.31. The molecule has 1 heterocycles. The highest BCUT2D eigenvalue weighted by Gasteiger charge is 2.09. The van der Waals surface area contributed by atoms with Crippen molar-refractivity contribution in [1.29, 1.82) is 5.26 Å². The van der Waals surface area contributed by atoms with Gasteiger partial charge < -0.3 is 15.4 Å². The number of ether oxygens (including phenoxy) is 1. The van der Waals surface area contributed by atoms with Crippen LogP contribution in [0.15, 0.2) is 60.9 Å². The Balaban J connectivity index is 1.62. The first-order chi connectivity index (χ1) is 13.2. The highest BCUT2D eigenvalue weighted by atomic mass is 16.5. The molecule has 0 atom stereocenters. The van der Waals surface area contributed by atoms with Crippen LogP contribution in [0.25, 0.3) is 0 Å². The fourth-order valence-electron chi connectivity index (χ4n) is 2.28. The number of nitrogens with one attached hydrogen (secondary N) is 2. The van der Waals surface area contributed by atoms with E-state index in [9.17, 15) is 4.79 Å². The van der Waals surface area contributed by atoms with Crippen LogP contribution in [0, 0.1) is 11.3 Å². The molecular formula is C20H17N5O2. The molecule has 134 valence electrons. The summed E-state index contributed by atoms with van der Waals surface area (Å²) in [5, 5.41) is 14.6. The Bertz CT molecular complexity index is 946. The van der Waals surface area contributed by atoms with Gasteiger partial charge in [0.15, 0.2) is 0 Å². The van der Waals surface area contributed by atoms with Gasteiger partial charge >= 0.3 is 0 Å². The Morgan fingerprint density at radius 1 is 1.04 bits per heavy atom. The van der Waals surface area contributed by atoms with Crippen LogP contribution in [0.3, 0.4) is 0 Å². The van der Waals surface area contributed by atoms with Crippen molar-refractivity contribution in [2.75, 3.05) is 17.2 Å². The number of benzene rings is 2. The zero-order valence-corrected chi connectivity index (χ0v) is 14.6. The molecule has 2 aromatic carbocycles. The van der Waals surface area contributed by atoms with Crippen LogP contribution in [-0.4, -0.2) is 22.5 Å². The largest absolute Gasteiger partial charge is 0.494 e. The summed E-state index contributed by atoms with van der Waals surface area (Å²) in [4.78, 5) is 20.6. The first kappa shape index (κ1) is 17.9. The van der Waals surface area contributed by atoms with Crippen molar-refractivity contribution in [3.8, 4) is 11.8 Å². The second-order valence-electron chi connectivity index (χ2n) is 5.51. The van der Waals surface area contributed by atoms with Gasteiger partial charge in [-0.1, -0.05) is 0 Å². The minimum atomic E-state index is -0.375. The van der Waals surface area contributed by atoms with Crippen molar-refractivity contribution in [3.63, 3.8) is 0 Å². The topological polar surface area (TPSA) is 99.9 Å². The Morgan fingerprint density at radius 3 is 2.33 bits per heavy atom. The molecule has 3 rings (SSSR count). The predicted octanol–water partition coefficient (Wildman–Crippen LogP) is 3.74. The third kappa shape index (κ3) is 4.80. The van der Waals surface area contributed by atoms with E-state index in [-0.39, 0.29) is 11.6 Å². The monoisotopic (exact) mass is 359 g/mol. The molecule has 3 aromatic rings. The second kappa shape index (κ2) is 8.45. The number of carbonyl (C=O) groups is 1. The van der Waals surface area contributed by atoms with Crippen LogP contribution in [0.2, 0.25) is 0 Å². The predicted molar refractivity (Wildman–Crippen MR) is 102 cm³/mol. The number of anilines is 3. The van der Waals surface area contributed by atoms with E-state index in [2.05, 4.69) is 20.6 Å². The summed E-state index contributed by atoms with van der Waals surface area (Å²) in [5.41, 5.74) is 2.13. The molecule has 2 N–H and O–H groups in total. The molecule has 0 radical (unpaired) electrons. The standard InChI is InChI=1S/C20H17N5O2/c1-2-27-17-9-7-15(8-10-17)24-19-13-22-18(12-23-19)20(26)25-16-5-3-14(11-21)4-6-16/h3-10,12-13H,2H2,1H3,(H,23,24)(H,25,26). The molecule has 1 aromatic heterocycles. The van der Waals surface area contributed by atoms with Crippen LogP contribution in [0.1, 0.15) is 23.0 Å². The number of hydrogen-bond acceptors (Lipinski definition) is 6. The van der Waals surface area contributed by atoms with Gasteiger partial charge in [-0.15, -0.1) is 0 Å². The SMILES string of the molecule is CCOc1ccc(Nc2cnc(C(=O)Nc3ccc(C#N)cc3)cn2)cc1. The van der Waals surface area contributed by atoms with E-state index < -0.39 is 0 Å². The fourth-order valence-corrected chi connectivity index (χ4v) is 2.28. The molecule has 0 unspecified atom stereocenters. The Morgan fingerprint density at radius 2 is 1.74 bits per heavy atom. The summed E-state index contributed by atoms with van der Waals surface area (Å²) in [6.07, 6.45) is 2.89. The lowest BCUT2D eigenvalue weighted by Gasteiger charge is -2.08. The van der Waals surface area contributed by atoms with Crippen LogP contribution < -0.4 is 15.4 Å². The van der Waals surface area contributed by atoms with Gasteiger partial charge in [-0.25, -0.2) is 9.97 Å². The van der Waals surface area contributed by atoms with Gasteiger partial charge in [-0.05, 0) is 55.5 Å². The maximum Gasteiger partial charge on any atom is 0.275 e. The van der Waals surface area contributed by atoms with Crippen molar-refractivity contribution >= 4 is 23.1 Å². The van der Waals surface area contributed by atoms with Crippen molar-refractivity contribution in [2.24, 2.45) is 0 Å². The second-order valence-corrected chi connectivity index (χ2v) is 5.51. The molecule has 27 heavy (non-hydrogen) atoms. The Labute approximate surface area is 156 Å². The molecule has 1 amide bonds. The summed E-state index contributed by atoms with van der Waals surface area (Å²) in [5.74, 6) is 0.942. The lowest BCUT2D eigenvalue weighted by atomic mass is 10.2. The van der Waals surface area contributed by atoms with Gasteiger partial charge in [-0.3, -0.25) is 4.79 Å². The minimum absolute atomic E-state index is 0.191. The molecule has 0 saturated carbocycles. The molecular weight excluding hydrogens is 342 g/mol. The molecule has 7 nitrogen and oxygen atoms in total. The number of amides is 1. The van der Waals surface area contributed by atoms with Crippen LogP contribution >= 0.6 is 0 Å². The van der Waals surface area contributed by atoms with Gasteiger partial charge in [0.05, 0.1) is 30.6 Å². The summed E-state index contributed by atoms with van der Waals surface area (Å²) in [6, 6.07) is 16.1. The van der Waals surface area contributed by atoms with Crippen molar-refractivity contribution in [3.05, 3.63) is 72.2 Å². The average molecular weight is 359 g/mol. The number of carbonyl (C=O) groups excluding carboxylic acids is 1. The Kier molecular flexibility index (Phi) is 5.60. The highest BCUT2D eigenvalue weighted by Crippen LogP contribution is 2.18. The first-order valence-corrected chi connectivity index (χ1v) is 8.31. The third-order valence-corrected chi connectivity index (χ3v) is 3.59. The summed E-state index contributed by atoms with van der Waals surface area (Å²) >= 11 is 0. The van der Waals surface area contributed by atoms with E-state index in [0.29, 0.717) is 23.7 Å². The number of nitriles is 1. The molecule has 7 heteroatoms. The van der Waals surface area contributed by atoms with Crippen LogP contribution in [0.4, 0.5) is 17.2 Å². The molecule has 0 aliphatic carbocycles. The van der Waals surface area contributed by atoms with E-state index in [0.717, 1.165) is 11.4 Å². The lowest BCUT2D eigenvalue weighted by Crippen LogP contribution is -2.14. The van der Waals surface area contributed by atoms with Crippen molar-refractivity contribution < 1.29 is 9.53 Å². The third-order valence-electron chi connectivity index (χ3n) is 3.59. The number of rotatable bonds is 6. The van der Waals surface area contributed by atoms with Gasteiger partial charge in [0.2, 0.25) is 0 Å². The van der Waals surface area contributed by atoms with Crippen LogP contribution in [0.5, 0.6) is 5.75 Å². The van der Waals surface area contributed by atoms with E-state index in [1.165, 1.54) is 12.4 Å². The smallest absolute Gasteiger partial charge is 0.275 e. The summed E-state index contributed by atoms with van der Waals surface area (Å²) in [6.45, 7) is 2.55. The quantitative estimate of drug-likeness (QED) is 0.695. The minimum Gasteiger partial charge on any atom is -0.494 e. The van der Waals surface area contributed by atoms with Crippen LogP contribution in [-0.2, 0) is 0 Å². The van der Waals surface area contributed by atoms with Gasteiger partial charge in [-0.2, -0.15) is 5.26 Å². The number of nitrogens with zero attached hydrogens (tertiary/aromatic N) is 3. The number of aromatic nitrogens is 2. The zero-order valence-electron chi connectivity index (χ0n) is 14.6. The lowest BCUT2D eigenvalue weighted by molar-refractivity contribution is 0.102. The average Bonchev–Trinajstić information content (AvgIpc) is 2.71. The summed E-state index contributed by atoms with van der Waals surface area (Å²) in [7, 11) is 0. The zero-order chi connectivity index (χ0) is 19.1. The molecule has 0 spiro atoms. The van der Waals surface area contributed by atoms with Crippen molar-refractivity contribution in [1.82, 2.24) is 9.97 Å². The van der Waals surface area contributed by atoms with Gasteiger partial charge in [0.25, 0.3) is 5.91 Å². The van der Waals surface area contributed by atoms with Gasteiger partial charge in [0, 0.05) is 11.4 Å². The van der Waals surface area contributed by atoms with E-state index >= 15 is 0 Å². The Hall–Kier alpha value is -3.92. The molecule has 0 saturated heterocycles.